The van der Waals surface area contributed by atoms with E-state index in [4.69, 9.17) is 4.74 Å². The number of nitrogens with one attached hydrogen (secondary N) is 1. The first-order valence-electron chi connectivity index (χ1n) is 10.8. The lowest BCUT2D eigenvalue weighted by atomic mass is 10.1. The summed E-state index contributed by atoms with van der Waals surface area (Å²) in [6.07, 6.45) is 3.80. The maximum Gasteiger partial charge on any atom is 0.272 e. The molecule has 1 fully saturated rings. The smallest absolute Gasteiger partial charge is 0.272 e. The molecule has 9 heteroatoms. The highest BCUT2D eigenvalue weighted by molar-refractivity contribution is 6.04. The molecule has 2 aromatic heterocycles. The van der Waals surface area contributed by atoms with Gasteiger partial charge in [-0.1, -0.05) is 6.07 Å². The third kappa shape index (κ3) is 4.77. The number of anilines is 1. The largest absolute Gasteiger partial charge is 0.385 e. The molecule has 0 aliphatic carbocycles. The predicted molar refractivity (Wildman–Crippen MR) is 118 cm³/mol. The van der Waals surface area contributed by atoms with Crippen LogP contribution in [0.15, 0.2) is 36.4 Å². The fourth-order valence-corrected chi connectivity index (χ4v) is 3.86. The van der Waals surface area contributed by atoms with Gasteiger partial charge in [0.15, 0.2) is 5.65 Å². The standard InChI is InChI=1S/C23H26FN5O3/c1-32-14-6-13-29-20-18(9-10-19(25-20)22(31)28-11-3-2-4-12-28)26-23(29)27-21(30)16-7-5-8-17(24)15-16/h5,7-10,15H,2-4,6,11-14H2,1H3,(H,26,27,30). The van der Waals surface area contributed by atoms with E-state index in [0.717, 1.165) is 32.4 Å². The van der Waals surface area contributed by atoms with Gasteiger partial charge in [-0.15, -0.1) is 0 Å². The summed E-state index contributed by atoms with van der Waals surface area (Å²) in [6.45, 7) is 2.47. The number of amides is 2. The predicted octanol–water partition coefficient (Wildman–Crippen LogP) is 3.49. The van der Waals surface area contributed by atoms with E-state index in [2.05, 4.69) is 15.3 Å². The molecule has 3 aromatic rings. The van der Waals surface area contributed by atoms with E-state index in [9.17, 15) is 14.0 Å². The molecule has 1 aliphatic heterocycles. The van der Waals surface area contributed by atoms with E-state index in [0.29, 0.717) is 42.4 Å². The van der Waals surface area contributed by atoms with Gasteiger partial charge in [-0.3, -0.25) is 19.5 Å². The molecule has 32 heavy (non-hydrogen) atoms. The van der Waals surface area contributed by atoms with Crippen LogP contribution in [0.4, 0.5) is 10.3 Å². The molecule has 0 unspecified atom stereocenters. The van der Waals surface area contributed by atoms with Crippen molar-refractivity contribution in [1.82, 2.24) is 19.4 Å². The van der Waals surface area contributed by atoms with Crippen LogP contribution < -0.4 is 5.32 Å². The van der Waals surface area contributed by atoms with Crippen molar-refractivity contribution in [2.75, 3.05) is 32.1 Å². The number of fused-ring (bicyclic) bond motifs is 1. The van der Waals surface area contributed by atoms with Crippen molar-refractivity contribution in [3.63, 3.8) is 0 Å². The van der Waals surface area contributed by atoms with E-state index >= 15 is 0 Å². The van der Waals surface area contributed by atoms with Crippen LogP contribution in [0.2, 0.25) is 0 Å². The Bertz CT molecular complexity index is 1120. The molecule has 1 aliphatic rings. The van der Waals surface area contributed by atoms with Crippen molar-refractivity contribution in [3.05, 3.63) is 53.5 Å². The van der Waals surface area contributed by atoms with Crippen LogP contribution in [-0.4, -0.2) is 58.1 Å². The van der Waals surface area contributed by atoms with Crippen molar-refractivity contribution >= 4 is 28.9 Å². The Kier molecular flexibility index (Phi) is 6.75. The zero-order valence-corrected chi connectivity index (χ0v) is 18.0. The Morgan fingerprint density at radius 2 is 1.94 bits per heavy atom. The lowest BCUT2D eigenvalue weighted by Gasteiger charge is -2.26. The molecule has 2 amide bonds. The van der Waals surface area contributed by atoms with Crippen molar-refractivity contribution in [3.8, 4) is 0 Å². The van der Waals surface area contributed by atoms with Crippen LogP contribution in [0.25, 0.3) is 11.2 Å². The quantitative estimate of drug-likeness (QED) is 0.570. The monoisotopic (exact) mass is 439 g/mol. The third-order valence-corrected chi connectivity index (χ3v) is 5.50. The number of hydrogen-bond acceptors (Lipinski definition) is 5. The SMILES string of the molecule is COCCCn1c(NC(=O)c2cccc(F)c2)nc2ccc(C(=O)N3CCCCC3)nc21. The Hall–Kier alpha value is -3.33. The zero-order valence-electron chi connectivity index (χ0n) is 18.0. The first-order chi connectivity index (χ1) is 15.6. The average molecular weight is 439 g/mol. The minimum atomic E-state index is -0.492. The summed E-state index contributed by atoms with van der Waals surface area (Å²) in [4.78, 5) is 36.5. The molecule has 3 heterocycles. The Balaban J connectivity index is 1.66. The number of hydrogen-bond donors (Lipinski definition) is 1. The number of aromatic nitrogens is 3. The van der Waals surface area contributed by atoms with Crippen molar-refractivity contribution < 1.29 is 18.7 Å². The number of piperidine rings is 1. The topological polar surface area (TPSA) is 89.3 Å². The number of imidazole rings is 1. The molecule has 0 atom stereocenters. The van der Waals surface area contributed by atoms with E-state index < -0.39 is 11.7 Å². The van der Waals surface area contributed by atoms with Gasteiger partial charge in [0.25, 0.3) is 11.8 Å². The number of benzene rings is 1. The Morgan fingerprint density at radius 3 is 2.69 bits per heavy atom. The van der Waals surface area contributed by atoms with Crippen LogP contribution in [-0.2, 0) is 11.3 Å². The summed E-state index contributed by atoms with van der Waals surface area (Å²) in [5.41, 5.74) is 1.62. The lowest BCUT2D eigenvalue weighted by Crippen LogP contribution is -2.36. The molecule has 0 bridgehead atoms. The number of carbonyl (C=O) groups excluding carboxylic acids is 2. The second-order valence-corrected chi connectivity index (χ2v) is 7.79. The highest BCUT2D eigenvalue weighted by Crippen LogP contribution is 2.21. The summed E-state index contributed by atoms with van der Waals surface area (Å²) < 4.78 is 20.4. The first kappa shape index (κ1) is 21.9. The first-order valence-corrected chi connectivity index (χ1v) is 10.8. The number of carbonyl (C=O) groups is 2. The van der Waals surface area contributed by atoms with E-state index in [-0.39, 0.29) is 11.5 Å². The van der Waals surface area contributed by atoms with E-state index in [1.807, 2.05) is 4.90 Å². The normalized spacial score (nSPS) is 14.0. The lowest BCUT2D eigenvalue weighted by molar-refractivity contribution is 0.0718. The van der Waals surface area contributed by atoms with E-state index in [1.165, 1.54) is 24.3 Å². The second-order valence-electron chi connectivity index (χ2n) is 7.79. The molecule has 1 aromatic carbocycles. The Morgan fingerprint density at radius 1 is 1.12 bits per heavy atom. The van der Waals surface area contributed by atoms with Gasteiger partial charge in [0.05, 0.1) is 0 Å². The number of rotatable bonds is 7. The third-order valence-electron chi connectivity index (χ3n) is 5.50. The maximum absolute atomic E-state index is 13.5. The molecule has 0 saturated carbocycles. The van der Waals surface area contributed by atoms with Gasteiger partial charge >= 0.3 is 0 Å². The maximum atomic E-state index is 13.5. The molecule has 8 nitrogen and oxygen atoms in total. The number of nitrogens with zero attached hydrogens (tertiary/aromatic N) is 4. The van der Waals surface area contributed by atoms with Gasteiger partial charge in [0, 0.05) is 38.9 Å². The summed E-state index contributed by atoms with van der Waals surface area (Å²) >= 11 is 0. The van der Waals surface area contributed by atoms with Gasteiger partial charge in [-0.25, -0.2) is 14.4 Å². The molecule has 4 rings (SSSR count). The second kappa shape index (κ2) is 9.86. The van der Waals surface area contributed by atoms with Crippen LogP contribution in [0, 0.1) is 5.82 Å². The molecule has 1 N–H and O–H groups in total. The summed E-state index contributed by atoms with van der Waals surface area (Å²) in [5, 5.41) is 2.75. The molecule has 1 saturated heterocycles. The fourth-order valence-electron chi connectivity index (χ4n) is 3.86. The summed E-state index contributed by atoms with van der Waals surface area (Å²) in [6, 6.07) is 8.87. The highest BCUT2D eigenvalue weighted by Gasteiger charge is 2.22. The summed E-state index contributed by atoms with van der Waals surface area (Å²) in [7, 11) is 1.62. The number of ether oxygens (including phenoxy) is 1. The minimum absolute atomic E-state index is 0.0958. The fraction of sp³-hybridized carbons (Fsp3) is 0.391. The molecular weight excluding hydrogens is 413 g/mol. The highest BCUT2D eigenvalue weighted by atomic mass is 19.1. The number of halogens is 1. The van der Waals surface area contributed by atoms with Gasteiger partial charge in [0.1, 0.15) is 17.0 Å². The number of pyridine rings is 1. The number of aryl methyl sites for hydroxylation is 1. The van der Waals surface area contributed by atoms with Crippen molar-refractivity contribution in [2.24, 2.45) is 0 Å². The zero-order chi connectivity index (χ0) is 22.5. The average Bonchev–Trinajstić information content (AvgIpc) is 3.15. The number of methoxy groups -OCH3 is 1. The van der Waals surface area contributed by atoms with Gasteiger partial charge in [-0.05, 0) is 56.0 Å². The number of likely N-dealkylation sites (tertiary alicyclic amines) is 1. The Labute approximate surface area is 185 Å². The van der Waals surface area contributed by atoms with Crippen LogP contribution in [0.3, 0.4) is 0 Å². The summed E-state index contributed by atoms with van der Waals surface area (Å²) in [5.74, 6) is -0.770. The van der Waals surface area contributed by atoms with Crippen LogP contribution in [0.1, 0.15) is 46.5 Å². The van der Waals surface area contributed by atoms with Crippen LogP contribution >= 0.6 is 0 Å². The van der Waals surface area contributed by atoms with Gasteiger partial charge in [0.2, 0.25) is 5.95 Å². The molecule has 168 valence electrons. The molecular formula is C23H26FN5O3. The van der Waals surface area contributed by atoms with Gasteiger partial charge < -0.3 is 9.64 Å². The molecule has 0 spiro atoms. The van der Waals surface area contributed by atoms with Gasteiger partial charge in [-0.2, -0.15) is 0 Å². The van der Waals surface area contributed by atoms with E-state index in [1.54, 1.807) is 23.8 Å². The van der Waals surface area contributed by atoms with Crippen molar-refractivity contribution in [2.45, 2.75) is 32.2 Å². The van der Waals surface area contributed by atoms with Crippen molar-refractivity contribution in [1.29, 1.82) is 0 Å². The van der Waals surface area contributed by atoms with Crippen LogP contribution in [0.5, 0.6) is 0 Å². The molecule has 0 radical (unpaired) electrons. The minimum Gasteiger partial charge on any atom is -0.385 e.